The molecule has 0 aliphatic heterocycles. The van der Waals surface area contributed by atoms with Crippen LogP contribution in [-0.2, 0) is 15.8 Å². The van der Waals surface area contributed by atoms with E-state index in [0.717, 1.165) is 10.9 Å². The molecule has 0 aliphatic carbocycles. The molecule has 2 aromatic rings. The maximum Gasteiger partial charge on any atom is 0.506 e. The average molecular weight is 391 g/mol. The third-order valence-corrected chi connectivity index (χ3v) is 8.41. The molecule has 2 N–H and O–H groups in total. The van der Waals surface area contributed by atoms with E-state index in [2.05, 4.69) is 26.9 Å². The Hall–Kier alpha value is -1.61. The third kappa shape index (κ3) is 5.22. The molecule has 0 saturated carbocycles. The van der Waals surface area contributed by atoms with Crippen molar-refractivity contribution in [1.29, 1.82) is 0 Å². The molecule has 8 heteroatoms. The van der Waals surface area contributed by atoms with Crippen molar-refractivity contribution in [2.45, 2.75) is 65.5 Å². The molecule has 148 valence electrons. The molecule has 0 bridgehead atoms. The van der Waals surface area contributed by atoms with Crippen LogP contribution in [0.4, 0.5) is 4.79 Å². The van der Waals surface area contributed by atoms with Crippen LogP contribution in [0.1, 0.15) is 40.2 Å². The zero-order valence-corrected chi connectivity index (χ0v) is 18.2. The standard InChI is InChI=1S/C19H30BNO5Si/c1-13(2)27(6,7)25-12-14-8-9-16-15(10-14)11-17(20(23)24)21(16)18(22)26-19(3,4)5/h8-11,13,23-24H,12H2,1-7H3. The molecule has 0 atom stereocenters. The predicted molar refractivity (Wildman–Crippen MR) is 111 cm³/mol. The molecule has 0 amide bonds. The summed E-state index contributed by atoms with van der Waals surface area (Å²) in [4.78, 5) is 12.6. The maximum absolute atomic E-state index is 12.6. The number of hydrogen-bond acceptors (Lipinski definition) is 5. The maximum atomic E-state index is 12.6. The van der Waals surface area contributed by atoms with Gasteiger partial charge in [0.05, 0.1) is 17.7 Å². The summed E-state index contributed by atoms with van der Waals surface area (Å²) in [7, 11) is -3.54. The Morgan fingerprint density at radius 1 is 1.22 bits per heavy atom. The van der Waals surface area contributed by atoms with E-state index in [4.69, 9.17) is 9.16 Å². The van der Waals surface area contributed by atoms with Crippen molar-refractivity contribution in [3.05, 3.63) is 29.8 Å². The van der Waals surface area contributed by atoms with Gasteiger partial charge >= 0.3 is 13.2 Å². The van der Waals surface area contributed by atoms with Gasteiger partial charge in [0, 0.05) is 5.39 Å². The molecule has 1 aromatic heterocycles. The van der Waals surface area contributed by atoms with Gasteiger partial charge in [-0.2, -0.15) is 0 Å². The Morgan fingerprint density at radius 2 is 1.85 bits per heavy atom. The van der Waals surface area contributed by atoms with Crippen molar-refractivity contribution in [3.63, 3.8) is 0 Å². The predicted octanol–water partition coefficient (Wildman–Crippen LogP) is 3.24. The summed E-state index contributed by atoms with van der Waals surface area (Å²) in [6, 6.07) is 7.18. The SMILES string of the molecule is CC(C)[Si](C)(C)OCc1ccc2c(c1)cc(B(O)O)n2C(=O)OC(C)(C)C. The molecule has 0 saturated heterocycles. The number of benzene rings is 1. The van der Waals surface area contributed by atoms with Crippen molar-refractivity contribution in [2.75, 3.05) is 0 Å². The molecular formula is C19H30BNO5Si. The normalized spacial score (nSPS) is 12.7. The zero-order chi connectivity index (χ0) is 20.6. The molecule has 0 radical (unpaired) electrons. The van der Waals surface area contributed by atoms with Gasteiger partial charge in [0.1, 0.15) is 5.60 Å². The van der Waals surface area contributed by atoms with Gasteiger partial charge in [-0.05, 0) is 63.2 Å². The molecule has 0 unspecified atom stereocenters. The average Bonchev–Trinajstić information content (AvgIpc) is 2.90. The summed E-state index contributed by atoms with van der Waals surface area (Å²) < 4.78 is 12.8. The summed E-state index contributed by atoms with van der Waals surface area (Å²) in [5.41, 5.74) is 1.44. The highest BCUT2D eigenvalue weighted by molar-refractivity contribution is 6.72. The van der Waals surface area contributed by atoms with E-state index in [9.17, 15) is 14.8 Å². The summed E-state index contributed by atoms with van der Waals surface area (Å²) >= 11 is 0. The minimum absolute atomic E-state index is 0.0780. The fourth-order valence-electron chi connectivity index (χ4n) is 2.51. The van der Waals surface area contributed by atoms with Crippen molar-refractivity contribution in [1.82, 2.24) is 4.57 Å². The lowest BCUT2D eigenvalue weighted by Gasteiger charge is -2.27. The van der Waals surface area contributed by atoms with Gasteiger partial charge in [0.15, 0.2) is 8.32 Å². The number of aromatic nitrogens is 1. The number of hydrogen-bond donors (Lipinski definition) is 2. The first-order valence-corrected chi connectivity index (χ1v) is 12.2. The summed E-state index contributed by atoms with van der Waals surface area (Å²) in [5.74, 6) is 0. The minimum atomic E-state index is -1.78. The fourth-order valence-corrected chi connectivity index (χ4v) is 3.39. The van der Waals surface area contributed by atoms with E-state index in [1.807, 2.05) is 12.1 Å². The Kier molecular flexibility index (Phi) is 6.26. The highest BCUT2D eigenvalue weighted by atomic mass is 28.4. The Bertz CT molecular complexity index is 823. The van der Waals surface area contributed by atoms with Gasteiger partial charge in [-0.1, -0.05) is 19.9 Å². The number of carbonyl (C=O) groups is 1. The molecule has 0 aliphatic rings. The second-order valence-corrected chi connectivity index (χ2v) is 13.3. The van der Waals surface area contributed by atoms with E-state index < -0.39 is 27.1 Å². The number of rotatable bonds is 5. The van der Waals surface area contributed by atoms with Crippen LogP contribution in [0.15, 0.2) is 24.3 Å². The van der Waals surface area contributed by atoms with Gasteiger partial charge in [0.2, 0.25) is 0 Å². The minimum Gasteiger partial charge on any atom is -0.443 e. The van der Waals surface area contributed by atoms with Crippen LogP contribution in [0.2, 0.25) is 18.6 Å². The van der Waals surface area contributed by atoms with Crippen LogP contribution in [0.3, 0.4) is 0 Å². The van der Waals surface area contributed by atoms with Crippen molar-refractivity contribution < 1.29 is 24.0 Å². The van der Waals surface area contributed by atoms with Gasteiger partial charge in [-0.15, -0.1) is 0 Å². The van der Waals surface area contributed by atoms with E-state index >= 15 is 0 Å². The Labute approximate surface area is 162 Å². The highest BCUT2D eigenvalue weighted by Crippen LogP contribution is 2.24. The summed E-state index contributed by atoms with van der Waals surface area (Å²) in [6.45, 7) is 14.5. The van der Waals surface area contributed by atoms with Crippen molar-refractivity contribution in [2.24, 2.45) is 0 Å². The number of nitrogens with zero attached hydrogens (tertiary/aromatic N) is 1. The van der Waals surface area contributed by atoms with E-state index in [0.29, 0.717) is 17.7 Å². The molecule has 6 nitrogen and oxygen atoms in total. The van der Waals surface area contributed by atoms with E-state index in [1.165, 1.54) is 4.57 Å². The largest absolute Gasteiger partial charge is 0.506 e. The lowest BCUT2D eigenvalue weighted by Crippen LogP contribution is -2.40. The van der Waals surface area contributed by atoms with Crippen molar-refractivity contribution >= 4 is 38.0 Å². The molecule has 1 heterocycles. The van der Waals surface area contributed by atoms with Crippen LogP contribution in [0.5, 0.6) is 0 Å². The molecule has 2 rings (SSSR count). The Morgan fingerprint density at radius 3 is 2.37 bits per heavy atom. The first-order valence-electron chi connectivity index (χ1n) is 9.19. The quantitative estimate of drug-likeness (QED) is 0.765. The first kappa shape index (κ1) is 21.7. The first-order chi connectivity index (χ1) is 12.3. The lowest BCUT2D eigenvalue weighted by molar-refractivity contribution is 0.0547. The van der Waals surface area contributed by atoms with E-state index in [1.54, 1.807) is 32.9 Å². The zero-order valence-electron chi connectivity index (χ0n) is 17.2. The van der Waals surface area contributed by atoms with Crippen molar-refractivity contribution in [3.8, 4) is 0 Å². The molecule has 1 aromatic carbocycles. The van der Waals surface area contributed by atoms with Crippen LogP contribution in [-0.4, -0.2) is 41.7 Å². The smallest absolute Gasteiger partial charge is 0.443 e. The van der Waals surface area contributed by atoms with Crippen LogP contribution >= 0.6 is 0 Å². The second kappa shape index (κ2) is 7.79. The Balaban J connectivity index is 2.38. The molecule has 0 fully saturated rings. The van der Waals surface area contributed by atoms with Gasteiger partial charge in [0.25, 0.3) is 0 Å². The van der Waals surface area contributed by atoms with Gasteiger partial charge < -0.3 is 19.2 Å². The molecular weight excluding hydrogens is 361 g/mol. The molecule has 0 spiro atoms. The third-order valence-electron chi connectivity index (χ3n) is 4.74. The lowest BCUT2D eigenvalue weighted by atomic mass is 9.86. The second-order valence-electron chi connectivity index (χ2n) is 8.70. The number of fused-ring (bicyclic) bond motifs is 1. The van der Waals surface area contributed by atoms with Crippen LogP contribution in [0, 0.1) is 0 Å². The topological polar surface area (TPSA) is 80.9 Å². The number of ether oxygens (including phenoxy) is 1. The van der Waals surface area contributed by atoms with Crippen LogP contribution < -0.4 is 5.59 Å². The summed E-state index contributed by atoms with van der Waals surface area (Å²) in [6.07, 6.45) is -0.641. The monoisotopic (exact) mass is 391 g/mol. The summed E-state index contributed by atoms with van der Waals surface area (Å²) in [5, 5.41) is 20.1. The van der Waals surface area contributed by atoms with Gasteiger partial charge in [-0.25, -0.2) is 4.79 Å². The number of carbonyl (C=O) groups excluding carboxylic acids is 1. The van der Waals surface area contributed by atoms with Gasteiger partial charge in [-0.3, -0.25) is 4.57 Å². The highest BCUT2D eigenvalue weighted by Gasteiger charge is 2.28. The van der Waals surface area contributed by atoms with Crippen LogP contribution in [0.25, 0.3) is 10.9 Å². The fraction of sp³-hybridized carbons (Fsp3) is 0.526. The molecule has 27 heavy (non-hydrogen) atoms. The van der Waals surface area contributed by atoms with E-state index in [-0.39, 0.29) is 5.59 Å².